The molecule has 0 aliphatic rings. The maximum Gasteiger partial charge on any atom is 0.355 e. The van der Waals surface area contributed by atoms with Crippen molar-refractivity contribution in [2.45, 2.75) is 6.92 Å². The van der Waals surface area contributed by atoms with E-state index in [1.807, 2.05) is 43.3 Å². The largest absolute Gasteiger partial charge is 0.451 e. The zero-order valence-corrected chi connectivity index (χ0v) is 14.5. The lowest BCUT2D eigenvalue weighted by Gasteiger charge is -2.08. The number of esters is 1. The number of rotatable bonds is 4. The van der Waals surface area contributed by atoms with Crippen LogP contribution in [-0.4, -0.2) is 23.5 Å². The Bertz CT molecular complexity index is 885. The summed E-state index contributed by atoms with van der Waals surface area (Å²) in [5.41, 5.74) is 2.87. The Kier molecular flexibility index (Phi) is 4.66. The third kappa shape index (κ3) is 3.65. The van der Waals surface area contributed by atoms with Crippen LogP contribution in [0.1, 0.15) is 16.1 Å². The minimum atomic E-state index is -0.565. The van der Waals surface area contributed by atoms with E-state index in [0.717, 1.165) is 20.9 Å². The summed E-state index contributed by atoms with van der Waals surface area (Å²) in [5.74, 6) is -0.965. The summed E-state index contributed by atoms with van der Waals surface area (Å²) < 4.78 is 5.83. The molecule has 24 heavy (non-hydrogen) atoms. The summed E-state index contributed by atoms with van der Waals surface area (Å²) in [7, 11) is 0. The van der Waals surface area contributed by atoms with E-state index >= 15 is 0 Å². The van der Waals surface area contributed by atoms with Gasteiger partial charge in [-0.15, -0.1) is 0 Å². The van der Waals surface area contributed by atoms with Crippen molar-refractivity contribution in [2.24, 2.45) is 0 Å². The molecule has 2 N–H and O–H groups in total. The molecule has 0 radical (unpaired) electrons. The van der Waals surface area contributed by atoms with Gasteiger partial charge in [-0.3, -0.25) is 4.79 Å². The van der Waals surface area contributed by atoms with Gasteiger partial charge in [-0.25, -0.2) is 4.79 Å². The van der Waals surface area contributed by atoms with Crippen molar-refractivity contribution in [3.05, 3.63) is 64.3 Å². The maximum atomic E-state index is 12.0. The minimum absolute atomic E-state index is 0.320. The molecule has 6 heteroatoms. The lowest BCUT2D eigenvalue weighted by molar-refractivity contribution is -0.119. The van der Waals surface area contributed by atoms with Crippen LogP contribution in [-0.2, 0) is 9.53 Å². The third-order valence-electron chi connectivity index (χ3n) is 3.48. The lowest BCUT2D eigenvalue weighted by Crippen LogP contribution is -2.21. The summed E-state index contributed by atoms with van der Waals surface area (Å²) in [6, 6.07) is 14.8. The number of H-pyrrole nitrogens is 1. The quantitative estimate of drug-likeness (QED) is 0.664. The predicted molar refractivity (Wildman–Crippen MR) is 96.1 cm³/mol. The van der Waals surface area contributed by atoms with Gasteiger partial charge in [0.2, 0.25) is 0 Å². The van der Waals surface area contributed by atoms with Gasteiger partial charge in [0.1, 0.15) is 5.69 Å². The summed E-state index contributed by atoms with van der Waals surface area (Å²) >= 11 is 3.38. The van der Waals surface area contributed by atoms with Crippen LogP contribution in [0.4, 0.5) is 5.69 Å². The number of hydrogen-bond acceptors (Lipinski definition) is 3. The van der Waals surface area contributed by atoms with Gasteiger partial charge < -0.3 is 15.0 Å². The molecule has 122 valence electrons. The van der Waals surface area contributed by atoms with Crippen LogP contribution in [0.2, 0.25) is 0 Å². The number of halogens is 1. The number of benzene rings is 2. The number of anilines is 1. The van der Waals surface area contributed by atoms with E-state index in [1.54, 1.807) is 12.1 Å². The van der Waals surface area contributed by atoms with E-state index in [4.69, 9.17) is 4.74 Å². The molecular weight excluding hydrogens is 372 g/mol. The molecule has 0 saturated heterocycles. The molecule has 0 aliphatic carbocycles. The average molecular weight is 387 g/mol. The van der Waals surface area contributed by atoms with Gasteiger partial charge >= 0.3 is 5.97 Å². The molecule has 1 amide bonds. The van der Waals surface area contributed by atoms with Crippen LogP contribution in [0.25, 0.3) is 10.9 Å². The molecule has 0 bridgehead atoms. The van der Waals surface area contributed by atoms with Crippen LogP contribution >= 0.6 is 15.9 Å². The molecule has 0 saturated carbocycles. The number of aryl methyl sites for hydroxylation is 1. The van der Waals surface area contributed by atoms with Crippen LogP contribution in [0, 0.1) is 6.92 Å². The summed E-state index contributed by atoms with van der Waals surface area (Å²) in [5, 5.41) is 3.61. The van der Waals surface area contributed by atoms with Crippen LogP contribution in [0.5, 0.6) is 0 Å². The smallest absolute Gasteiger partial charge is 0.355 e. The Morgan fingerprint density at radius 2 is 1.96 bits per heavy atom. The number of amides is 1. The lowest BCUT2D eigenvalue weighted by atomic mass is 10.2. The van der Waals surface area contributed by atoms with Gasteiger partial charge in [-0.2, -0.15) is 0 Å². The Morgan fingerprint density at radius 1 is 1.17 bits per heavy atom. The third-order valence-corrected chi connectivity index (χ3v) is 4.14. The number of nitrogens with one attached hydrogen (secondary N) is 2. The highest BCUT2D eigenvalue weighted by molar-refractivity contribution is 9.10. The van der Waals surface area contributed by atoms with Crippen molar-refractivity contribution in [2.75, 3.05) is 11.9 Å². The van der Waals surface area contributed by atoms with Crippen LogP contribution in [0.3, 0.4) is 0 Å². The van der Waals surface area contributed by atoms with Crippen molar-refractivity contribution in [3.63, 3.8) is 0 Å². The normalized spacial score (nSPS) is 10.6. The first-order valence-electron chi connectivity index (χ1n) is 7.34. The molecule has 0 atom stereocenters. The molecule has 0 spiro atoms. The first kappa shape index (κ1) is 16.3. The number of fused-ring (bicyclic) bond motifs is 1. The number of carbonyl (C=O) groups is 2. The number of hydrogen-bond donors (Lipinski definition) is 2. The van der Waals surface area contributed by atoms with Crippen molar-refractivity contribution in [1.29, 1.82) is 0 Å². The summed E-state index contributed by atoms with van der Waals surface area (Å²) in [4.78, 5) is 26.9. The zero-order valence-electron chi connectivity index (χ0n) is 12.9. The predicted octanol–water partition coefficient (Wildman–Crippen LogP) is 4.03. The fraction of sp³-hybridized carbons (Fsp3) is 0.111. The molecule has 5 nitrogen and oxygen atoms in total. The zero-order chi connectivity index (χ0) is 17.1. The Balaban J connectivity index is 1.60. The van der Waals surface area contributed by atoms with E-state index in [2.05, 4.69) is 26.2 Å². The maximum absolute atomic E-state index is 12.0. The SMILES string of the molecule is Cc1ccc(NC(=O)COC(=O)c2cc3ccccc3[nH]2)c(Br)c1. The molecule has 2 aromatic carbocycles. The molecule has 0 fully saturated rings. The van der Waals surface area contributed by atoms with Gasteiger partial charge in [-0.05, 0) is 52.7 Å². The molecule has 0 unspecified atom stereocenters. The fourth-order valence-corrected chi connectivity index (χ4v) is 2.89. The second-order valence-electron chi connectivity index (χ2n) is 5.38. The molecule has 0 aliphatic heterocycles. The minimum Gasteiger partial charge on any atom is -0.451 e. The van der Waals surface area contributed by atoms with Gasteiger partial charge in [0.15, 0.2) is 6.61 Å². The first-order valence-corrected chi connectivity index (χ1v) is 8.13. The van der Waals surface area contributed by atoms with Gasteiger partial charge in [-0.1, -0.05) is 24.3 Å². The second-order valence-corrected chi connectivity index (χ2v) is 6.23. The average Bonchev–Trinajstić information content (AvgIpc) is 2.99. The van der Waals surface area contributed by atoms with Crippen molar-refractivity contribution >= 4 is 44.4 Å². The standard InChI is InChI=1S/C18H15BrN2O3/c1-11-6-7-15(13(19)8-11)21-17(22)10-24-18(23)16-9-12-4-2-3-5-14(12)20-16/h2-9,20H,10H2,1H3,(H,21,22). The van der Waals surface area contributed by atoms with E-state index in [-0.39, 0.29) is 6.61 Å². The molecule has 1 heterocycles. The van der Waals surface area contributed by atoms with E-state index in [0.29, 0.717) is 11.4 Å². The van der Waals surface area contributed by atoms with E-state index < -0.39 is 11.9 Å². The molecule has 3 rings (SSSR count). The number of ether oxygens (including phenoxy) is 1. The van der Waals surface area contributed by atoms with Crippen molar-refractivity contribution in [3.8, 4) is 0 Å². The van der Waals surface area contributed by atoms with E-state index in [9.17, 15) is 9.59 Å². The number of aromatic amines is 1. The second kappa shape index (κ2) is 6.88. The van der Waals surface area contributed by atoms with Crippen molar-refractivity contribution < 1.29 is 14.3 Å². The topological polar surface area (TPSA) is 71.2 Å². The highest BCUT2D eigenvalue weighted by Crippen LogP contribution is 2.23. The first-order chi connectivity index (χ1) is 11.5. The molecule has 3 aromatic rings. The van der Waals surface area contributed by atoms with Crippen molar-refractivity contribution in [1.82, 2.24) is 4.98 Å². The van der Waals surface area contributed by atoms with Gasteiger partial charge in [0, 0.05) is 15.4 Å². The summed E-state index contributed by atoms with van der Waals surface area (Å²) in [6.45, 7) is 1.60. The summed E-state index contributed by atoms with van der Waals surface area (Å²) in [6.07, 6.45) is 0. The van der Waals surface area contributed by atoms with Crippen LogP contribution in [0.15, 0.2) is 53.0 Å². The molecular formula is C18H15BrN2O3. The highest BCUT2D eigenvalue weighted by atomic mass is 79.9. The fourth-order valence-electron chi connectivity index (χ4n) is 2.30. The number of carbonyl (C=O) groups excluding carboxylic acids is 2. The number of aromatic nitrogens is 1. The van der Waals surface area contributed by atoms with Crippen LogP contribution < -0.4 is 5.32 Å². The monoisotopic (exact) mass is 386 g/mol. The van der Waals surface area contributed by atoms with Gasteiger partial charge in [0.25, 0.3) is 5.91 Å². The molecule has 1 aromatic heterocycles. The Morgan fingerprint density at radius 3 is 2.71 bits per heavy atom. The van der Waals surface area contributed by atoms with E-state index in [1.165, 1.54) is 0 Å². The Labute approximate surface area is 147 Å². The van der Waals surface area contributed by atoms with Gasteiger partial charge in [0.05, 0.1) is 5.69 Å². The highest BCUT2D eigenvalue weighted by Gasteiger charge is 2.13. The number of para-hydroxylation sites is 1. The Hall–Kier alpha value is -2.60.